The van der Waals surface area contributed by atoms with Crippen LogP contribution in [0.5, 0.6) is 5.75 Å². The second-order valence-electron chi connectivity index (χ2n) is 4.63. The van der Waals surface area contributed by atoms with Gasteiger partial charge in [-0.05, 0) is 25.0 Å². The summed E-state index contributed by atoms with van der Waals surface area (Å²) in [6.45, 7) is 0. The fraction of sp³-hybridized carbons (Fsp3) is 0.385. The Morgan fingerprint density at radius 2 is 1.89 bits per heavy atom. The largest absolute Gasteiger partial charge is 0.497 e. The number of ether oxygens (including phenoxy) is 2. The zero-order valence-corrected chi connectivity index (χ0v) is 10.5. The highest BCUT2D eigenvalue weighted by Crippen LogP contribution is 2.35. The number of nitrogen functional groups attached to an aromatic ring is 1. The molecular weight excluding hydrogens is 248 g/mol. The summed E-state index contributed by atoms with van der Waals surface area (Å²) < 4.78 is 10.4. The van der Waals surface area contributed by atoms with Gasteiger partial charge in [0.15, 0.2) is 0 Å². The van der Waals surface area contributed by atoms with Crippen LogP contribution in [0.2, 0.25) is 0 Å². The third-order valence-corrected chi connectivity index (χ3v) is 3.49. The number of benzene rings is 1. The number of amides is 2. The molecule has 2 heterocycles. The van der Waals surface area contributed by atoms with Crippen LogP contribution in [0.15, 0.2) is 18.2 Å². The molecule has 0 aliphatic carbocycles. The quantitative estimate of drug-likeness (QED) is 0.626. The molecule has 2 amide bonds. The highest BCUT2D eigenvalue weighted by molar-refractivity contribution is 6.21. The smallest absolute Gasteiger partial charge is 0.263 e. The van der Waals surface area contributed by atoms with E-state index >= 15 is 0 Å². The summed E-state index contributed by atoms with van der Waals surface area (Å²) in [7, 11) is 1.53. The lowest BCUT2D eigenvalue weighted by molar-refractivity contribution is -0.146. The molecule has 6 nitrogen and oxygen atoms in total. The van der Waals surface area contributed by atoms with E-state index in [2.05, 4.69) is 0 Å². The first kappa shape index (κ1) is 12.0. The SMILES string of the molecule is COc1ccc(N2C(=O)C3CCC(O3)C2=O)c(N)c1. The molecule has 19 heavy (non-hydrogen) atoms. The molecule has 2 saturated heterocycles. The molecule has 0 spiro atoms. The number of rotatable bonds is 2. The van der Waals surface area contributed by atoms with Crippen molar-refractivity contribution in [3.63, 3.8) is 0 Å². The number of anilines is 2. The van der Waals surface area contributed by atoms with Crippen LogP contribution in [0, 0.1) is 0 Å². The first-order valence-electron chi connectivity index (χ1n) is 6.08. The van der Waals surface area contributed by atoms with Crippen molar-refractivity contribution in [1.29, 1.82) is 0 Å². The third-order valence-electron chi connectivity index (χ3n) is 3.49. The Hall–Kier alpha value is -2.08. The molecule has 1 aromatic rings. The van der Waals surface area contributed by atoms with Crippen molar-refractivity contribution in [2.45, 2.75) is 25.0 Å². The van der Waals surface area contributed by atoms with E-state index in [9.17, 15) is 9.59 Å². The van der Waals surface area contributed by atoms with Gasteiger partial charge in [-0.1, -0.05) is 0 Å². The maximum Gasteiger partial charge on any atom is 0.263 e. The lowest BCUT2D eigenvalue weighted by Gasteiger charge is -2.30. The van der Waals surface area contributed by atoms with Crippen LogP contribution in [0.1, 0.15) is 12.8 Å². The maximum atomic E-state index is 12.2. The van der Waals surface area contributed by atoms with Gasteiger partial charge in [-0.2, -0.15) is 0 Å². The Bertz CT molecular complexity index is 536. The van der Waals surface area contributed by atoms with Crippen LogP contribution in [-0.2, 0) is 14.3 Å². The summed E-state index contributed by atoms with van der Waals surface area (Å²) in [6, 6.07) is 4.88. The molecule has 1 aromatic carbocycles. The predicted molar refractivity (Wildman–Crippen MR) is 67.8 cm³/mol. The van der Waals surface area contributed by atoms with Gasteiger partial charge in [-0.3, -0.25) is 9.59 Å². The fourth-order valence-electron chi connectivity index (χ4n) is 2.50. The standard InChI is InChI=1S/C13H14N2O4/c1-18-7-2-3-9(8(14)6-7)15-12(16)10-4-5-11(19-10)13(15)17/h2-3,6,10-11H,4-5,14H2,1H3. The monoisotopic (exact) mass is 262 g/mol. The van der Waals surface area contributed by atoms with Gasteiger partial charge in [0.2, 0.25) is 0 Å². The number of nitrogens with zero attached hydrogens (tertiary/aromatic N) is 1. The average molecular weight is 262 g/mol. The third kappa shape index (κ3) is 1.76. The van der Waals surface area contributed by atoms with Crippen molar-refractivity contribution in [2.24, 2.45) is 0 Å². The fourth-order valence-corrected chi connectivity index (χ4v) is 2.50. The number of methoxy groups -OCH3 is 1. The average Bonchev–Trinajstić information content (AvgIpc) is 2.85. The van der Waals surface area contributed by atoms with Crippen LogP contribution in [0.4, 0.5) is 11.4 Å². The number of hydrogen-bond acceptors (Lipinski definition) is 5. The molecular formula is C13H14N2O4. The second kappa shape index (κ2) is 4.24. The number of nitrogens with two attached hydrogens (primary N) is 1. The topological polar surface area (TPSA) is 81.9 Å². The molecule has 100 valence electrons. The van der Waals surface area contributed by atoms with Crippen LogP contribution in [-0.4, -0.2) is 31.1 Å². The maximum absolute atomic E-state index is 12.2. The number of morpholine rings is 1. The number of imide groups is 1. The Kier molecular flexibility index (Phi) is 2.67. The van der Waals surface area contributed by atoms with E-state index in [0.717, 1.165) is 4.90 Å². The number of fused-ring (bicyclic) bond motifs is 2. The first-order valence-corrected chi connectivity index (χ1v) is 6.08. The van der Waals surface area contributed by atoms with E-state index in [1.807, 2.05) is 0 Å². The van der Waals surface area contributed by atoms with Gasteiger partial charge in [-0.15, -0.1) is 0 Å². The van der Waals surface area contributed by atoms with Gasteiger partial charge < -0.3 is 15.2 Å². The van der Waals surface area contributed by atoms with Crippen molar-refractivity contribution in [3.8, 4) is 5.75 Å². The zero-order valence-electron chi connectivity index (χ0n) is 10.5. The molecule has 2 aliphatic rings. The minimum Gasteiger partial charge on any atom is -0.497 e. The van der Waals surface area contributed by atoms with Crippen molar-refractivity contribution in [1.82, 2.24) is 0 Å². The summed E-state index contributed by atoms with van der Waals surface area (Å²) in [6.07, 6.45) is 0.122. The van der Waals surface area contributed by atoms with Gasteiger partial charge in [0.25, 0.3) is 11.8 Å². The van der Waals surface area contributed by atoms with E-state index in [1.165, 1.54) is 7.11 Å². The molecule has 6 heteroatoms. The molecule has 0 aromatic heterocycles. The lowest BCUT2D eigenvalue weighted by atomic mass is 10.2. The Balaban J connectivity index is 2.01. The van der Waals surface area contributed by atoms with Gasteiger partial charge in [-0.25, -0.2) is 4.90 Å². The van der Waals surface area contributed by atoms with Crippen molar-refractivity contribution in [3.05, 3.63) is 18.2 Å². The number of carbonyl (C=O) groups excluding carboxylic acids is 2. The Morgan fingerprint density at radius 1 is 1.26 bits per heavy atom. The molecule has 2 bridgehead atoms. The zero-order chi connectivity index (χ0) is 13.6. The Morgan fingerprint density at radius 3 is 2.42 bits per heavy atom. The molecule has 2 atom stereocenters. The van der Waals surface area contributed by atoms with Gasteiger partial charge in [0.1, 0.15) is 18.0 Å². The van der Waals surface area contributed by atoms with Gasteiger partial charge in [0, 0.05) is 6.07 Å². The molecule has 3 rings (SSSR count). The summed E-state index contributed by atoms with van der Waals surface area (Å²) in [5.41, 5.74) is 6.63. The van der Waals surface area contributed by atoms with E-state index in [0.29, 0.717) is 30.0 Å². The molecule has 2 unspecified atom stereocenters. The highest BCUT2D eigenvalue weighted by atomic mass is 16.5. The van der Waals surface area contributed by atoms with Crippen LogP contribution in [0.25, 0.3) is 0 Å². The summed E-state index contributed by atoms with van der Waals surface area (Å²) in [4.78, 5) is 25.5. The molecule has 2 fully saturated rings. The minimum absolute atomic E-state index is 0.336. The van der Waals surface area contributed by atoms with E-state index < -0.39 is 12.2 Å². The van der Waals surface area contributed by atoms with E-state index in [-0.39, 0.29) is 11.8 Å². The van der Waals surface area contributed by atoms with E-state index in [1.54, 1.807) is 18.2 Å². The van der Waals surface area contributed by atoms with Crippen molar-refractivity contribution in [2.75, 3.05) is 17.7 Å². The Labute approximate surface area is 110 Å². The van der Waals surface area contributed by atoms with Gasteiger partial charge in [0.05, 0.1) is 18.5 Å². The normalized spacial score (nSPS) is 25.8. The van der Waals surface area contributed by atoms with Crippen molar-refractivity contribution < 1.29 is 19.1 Å². The summed E-state index contributed by atoms with van der Waals surface area (Å²) in [5.74, 6) is -0.0939. The van der Waals surface area contributed by atoms with Crippen LogP contribution in [0.3, 0.4) is 0 Å². The van der Waals surface area contributed by atoms with Crippen LogP contribution >= 0.6 is 0 Å². The van der Waals surface area contributed by atoms with Gasteiger partial charge >= 0.3 is 0 Å². The number of carbonyl (C=O) groups is 2. The predicted octanol–water partition coefficient (Wildman–Crippen LogP) is 0.698. The summed E-state index contributed by atoms with van der Waals surface area (Å²) >= 11 is 0. The highest BCUT2D eigenvalue weighted by Gasteiger charge is 2.47. The van der Waals surface area contributed by atoms with Crippen molar-refractivity contribution >= 4 is 23.2 Å². The number of hydrogen-bond donors (Lipinski definition) is 1. The summed E-state index contributed by atoms with van der Waals surface area (Å²) in [5, 5.41) is 0. The first-order chi connectivity index (χ1) is 9.11. The molecule has 0 radical (unpaired) electrons. The van der Waals surface area contributed by atoms with Crippen LogP contribution < -0.4 is 15.4 Å². The minimum atomic E-state index is -0.524. The lowest BCUT2D eigenvalue weighted by Crippen LogP contribution is -2.52. The second-order valence-corrected chi connectivity index (χ2v) is 4.63. The molecule has 2 aliphatic heterocycles. The molecule has 0 saturated carbocycles. The molecule has 2 N–H and O–H groups in total. The van der Waals surface area contributed by atoms with E-state index in [4.69, 9.17) is 15.2 Å².